The lowest BCUT2D eigenvalue weighted by Gasteiger charge is -2.28. The lowest BCUT2D eigenvalue weighted by molar-refractivity contribution is -0.116. The Kier molecular flexibility index (Phi) is 8.29. The highest BCUT2D eigenvalue weighted by Gasteiger charge is 2.29. The van der Waals surface area contributed by atoms with Gasteiger partial charge in [-0.15, -0.1) is 0 Å². The Morgan fingerprint density at radius 2 is 1.74 bits per heavy atom. The molecule has 2 rings (SSSR count). The summed E-state index contributed by atoms with van der Waals surface area (Å²) < 4.78 is 36.2. The van der Waals surface area contributed by atoms with E-state index in [9.17, 15) is 18.0 Å². The number of nitrogens with zero attached hydrogens (tertiary/aromatic N) is 1. The largest absolute Gasteiger partial charge is 0.494 e. The average Bonchev–Trinajstić information content (AvgIpc) is 2.70. The molecule has 0 spiro atoms. The number of nitrogens with one attached hydrogen (secondary N) is 1. The summed E-state index contributed by atoms with van der Waals surface area (Å²) in [5.41, 5.74) is 0.800. The fourth-order valence-electron chi connectivity index (χ4n) is 2.86. The van der Waals surface area contributed by atoms with Gasteiger partial charge in [-0.05, 0) is 63.2 Å². The summed E-state index contributed by atoms with van der Waals surface area (Å²) in [4.78, 5) is 24.6. The number of rotatable bonds is 9. The van der Waals surface area contributed by atoms with E-state index in [4.69, 9.17) is 21.1 Å². The third-order valence-corrected chi connectivity index (χ3v) is 5.78. The first-order valence-electron chi connectivity index (χ1n) is 9.58. The Labute approximate surface area is 187 Å². The van der Waals surface area contributed by atoms with Gasteiger partial charge in [-0.25, -0.2) is 13.2 Å². The van der Waals surface area contributed by atoms with Gasteiger partial charge in [0, 0.05) is 0 Å². The molecule has 0 aliphatic rings. The van der Waals surface area contributed by atoms with E-state index in [-0.39, 0.29) is 22.9 Å². The van der Waals surface area contributed by atoms with Crippen LogP contribution in [0.1, 0.15) is 31.1 Å². The number of hydrogen-bond acceptors (Lipinski definition) is 6. The number of carbonyl (C=O) groups excluding carboxylic acids is 2. The molecule has 10 heteroatoms. The molecule has 0 saturated heterocycles. The minimum atomic E-state index is -3.78. The third-order valence-electron chi connectivity index (χ3n) is 4.23. The molecule has 0 bridgehead atoms. The molecule has 1 atom stereocenters. The maximum absolute atomic E-state index is 12.8. The molecular formula is C21H25ClN2O6S. The topological polar surface area (TPSA) is 102 Å². The van der Waals surface area contributed by atoms with E-state index >= 15 is 0 Å². The second kappa shape index (κ2) is 10.5. The lowest BCUT2D eigenvalue weighted by Crippen LogP contribution is -2.45. The highest BCUT2D eigenvalue weighted by molar-refractivity contribution is 7.92. The van der Waals surface area contributed by atoms with E-state index in [1.165, 1.54) is 25.1 Å². The molecule has 2 aromatic rings. The Morgan fingerprint density at radius 1 is 1.10 bits per heavy atom. The van der Waals surface area contributed by atoms with Crippen molar-refractivity contribution in [1.29, 1.82) is 0 Å². The lowest BCUT2D eigenvalue weighted by atomic mass is 10.2. The minimum absolute atomic E-state index is 0.123. The number of sulfonamides is 1. The smallest absolute Gasteiger partial charge is 0.338 e. The van der Waals surface area contributed by atoms with Crippen LogP contribution in [0.25, 0.3) is 0 Å². The molecule has 0 heterocycles. The van der Waals surface area contributed by atoms with Crippen LogP contribution in [-0.4, -0.2) is 45.8 Å². The monoisotopic (exact) mass is 468 g/mol. The van der Waals surface area contributed by atoms with Crippen LogP contribution in [0.3, 0.4) is 0 Å². The van der Waals surface area contributed by atoms with E-state index in [0.717, 1.165) is 10.6 Å². The zero-order chi connectivity index (χ0) is 23.2. The van der Waals surface area contributed by atoms with Gasteiger partial charge in [0.05, 0.1) is 41.4 Å². The molecule has 0 unspecified atom stereocenters. The number of ether oxygens (including phenoxy) is 2. The molecule has 168 valence electrons. The van der Waals surface area contributed by atoms with Crippen molar-refractivity contribution in [1.82, 2.24) is 0 Å². The second-order valence-corrected chi connectivity index (χ2v) is 8.83. The molecule has 8 nitrogen and oxygen atoms in total. The van der Waals surface area contributed by atoms with Crippen LogP contribution in [-0.2, 0) is 19.6 Å². The van der Waals surface area contributed by atoms with Crippen LogP contribution in [0.2, 0.25) is 5.02 Å². The molecule has 0 aromatic heterocycles. The van der Waals surface area contributed by atoms with Crippen molar-refractivity contribution in [3.05, 3.63) is 53.1 Å². The third kappa shape index (κ3) is 6.35. The molecule has 0 fully saturated rings. The Bertz CT molecular complexity index is 1040. The number of anilines is 2. The zero-order valence-corrected chi connectivity index (χ0v) is 19.3. The Morgan fingerprint density at radius 3 is 2.26 bits per heavy atom. The molecule has 0 saturated carbocycles. The number of amides is 1. The second-order valence-electron chi connectivity index (χ2n) is 6.57. The molecule has 0 radical (unpaired) electrons. The standard InChI is InChI=1S/C21H25ClN2O6S/c1-5-29-17-10-8-16(9-11-17)24(31(4,27)28)14(3)20(25)23-19-12-7-15(13-18(19)22)21(26)30-6-2/h7-14H,5-6H2,1-4H3,(H,23,25)/t14-/m1/s1. The van der Waals surface area contributed by atoms with Crippen LogP contribution in [0.4, 0.5) is 11.4 Å². The van der Waals surface area contributed by atoms with Crippen LogP contribution in [0.5, 0.6) is 5.75 Å². The van der Waals surface area contributed by atoms with Gasteiger partial charge in [-0.2, -0.15) is 0 Å². The van der Waals surface area contributed by atoms with E-state index in [1.54, 1.807) is 31.2 Å². The van der Waals surface area contributed by atoms with Crippen LogP contribution < -0.4 is 14.4 Å². The maximum Gasteiger partial charge on any atom is 0.338 e. The summed E-state index contributed by atoms with van der Waals surface area (Å²) in [5, 5.41) is 2.73. The molecule has 1 amide bonds. The molecule has 2 aromatic carbocycles. The fraction of sp³-hybridized carbons (Fsp3) is 0.333. The number of esters is 1. The van der Waals surface area contributed by atoms with Gasteiger partial charge in [0.25, 0.3) is 0 Å². The molecule has 0 aliphatic heterocycles. The number of hydrogen-bond donors (Lipinski definition) is 1. The summed E-state index contributed by atoms with van der Waals surface area (Å²) in [7, 11) is -3.78. The normalized spacial score (nSPS) is 12.0. The van der Waals surface area contributed by atoms with Gasteiger partial charge in [0.2, 0.25) is 15.9 Å². The Balaban J connectivity index is 2.25. The SMILES string of the molecule is CCOC(=O)c1ccc(NC(=O)[C@@H](C)N(c2ccc(OCC)cc2)S(C)(=O)=O)c(Cl)c1. The van der Waals surface area contributed by atoms with E-state index in [1.807, 2.05) is 6.92 Å². The van der Waals surface area contributed by atoms with Gasteiger partial charge in [-0.1, -0.05) is 11.6 Å². The summed E-state index contributed by atoms with van der Waals surface area (Å²) in [6.07, 6.45) is 1.02. The highest BCUT2D eigenvalue weighted by atomic mass is 35.5. The number of carbonyl (C=O) groups is 2. The van der Waals surface area contributed by atoms with Crippen molar-refractivity contribution >= 4 is 44.9 Å². The van der Waals surface area contributed by atoms with Crippen molar-refractivity contribution in [2.75, 3.05) is 29.1 Å². The van der Waals surface area contributed by atoms with Gasteiger partial charge >= 0.3 is 5.97 Å². The first-order chi connectivity index (χ1) is 14.6. The first kappa shape index (κ1) is 24.5. The van der Waals surface area contributed by atoms with Crippen molar-refractivity contribution < 1.29 is 27.5 Å². The molecule has 31 heavy (non-hydrogen) atoms. The van der Waals surface area contributed by atoms with Crippen LogP contribution in [0, 0.1) is 0 Å². The quantitative estimate of drug-likeness (QED) is 0.563. The van der Waals surface area contributed by atoms with Gasteiger partial charge in [-0.3, -0.25) is 9.10 Å². The number of halogens is 1. The predicted octanol–water partition coefficient (Wildman–Crippen LogP) is 3.71. The summed E-state index contributed by atoms with van der Waals surface area (Å²) in [6.45, 7) is 5.69. The van der Waals surface area contributed by atoms with Crippen LogP contribution in [0.15, 0.2) is 42.5 Å². The first-order valence-corrected chi connectivity index (χ1v) is 11.8. The molecule has 0 aliphatic carbocycles. The zero-order valence-electron chi connectivity index (χ0n) is 17.7. The van der Waals surface area contributed by atoms with Crippen LogP contribution >= 0.6 is 11.6 Å². The molecular weight excluding hydrogens is 444 g/mol. The summed E-state index contributed by atoms with van der Waals surface area (Å²) in [5.74, 6) is -0.537. The fourth-order valence-corrected chi connectivity index (χ4v) is 4.26. The van der Waals surface area contributed by atoms with Gasteiger partial charge in [0.15, 0.2) is 0 Å². The maximum atomic E-state index is 12.8. The van der Waals surface area contributed by atoms with E-state index < -0.39 is 27.9 Å². The van der Waals surface area contributed by atoms with Gasteiger partial charge in [0.1, 0.15) is 11.8 Å². The predicted molar refractivity (Wildman–Crippen MR) is 120 cm³/mol. The van der Waals surface area contributed by atoms with Crippen molar-refractivity contribution in [2.24, 2.45) is 0 Å². The molecule has 1 N–H and O–H groups in total. The Hall–Kier alpha value is -2.78. The van der Waals surface area contributed by atoms with Gasteiger partial charge < -0.3 is 14.8 Å². The minimum Gasteiger partial charge on any atom is -0.494 e. The van der Waals surface area contributed by atoms with Crippen molar-refractivity contribution in [2.45, 2.75) is 26.8 Å². The van der Waals surface area contributed by atoms with E-state index in [0.29, 0.717) is 18.0 Å². The average molecular weight is 469 g/mol. The van der Waals surface area contributed by atoms with E-state index in [2.05, 4.69) is 5.32 Å². The summed E-state index contributed by atoms with van der Waals surface area (Å²) in [6, 6.07) is 9.62. The number of benzene rings is 2. The van der Waals surface area contributed by atoms with Crippen molar-refractivity contribution in [3.63, 3.8) is 0 Å². The highest BCUT2D eigenvalue weighted by Crippen LogP contribution is 2.27. The summed E-state index contributed by atoms with van der Waals surface area (Å²) >= 11 is 6.19. The van der Waals surface area contributed by atoms with Crippen molar-refractivity contribution in [3.8, 4) is 5.75 Å².